The van der Waals surface area contributed by atoms with Crippen molar-refractivity contribution in [3.8, 4) is 0 Å². The van der Waals surface area contributed by atoms with Crippen LogP contribution in [0.15, 0.2) is 35.5 Å². The summed E-state index contributed by atoms with van der Waals surface area (Å²) < 4.78 is 1.85. The van der Waals surface area contributed by atoms with Crippen molar-refractivity contribution in [1.29, 1.82) is 0 Å². The summed E-state index contributed by atoms with van der Waals surface area (Å²) in [5, 5.41) is 0. The maximum atomic E-state index is 10.7. The Morgan fingerprint density at radius 3 is 3.20 bits per heavy atom. The Labute approximate surface area is 56.9 Å². The molecule has 0 radical (unpaired) electrons. The molecule has 0 atom stereocenters. The van der Waals surface area contributed by atoms with Crippen LogP contribution < -0.4 is 5.43 Å². The maximum absolute atomic E-state index is 10.7. The minimum Gasteiger partial charge on any atom is -0.346 e. The number of imidazole rings is 1. The molecule has 0 saturated heterocycles. The number of hydrogen-bond donors (Lipinski definition) is 1. The van der Waals surface area contributed by atoms with E-state index >= 15 is 0 Å². The molecule has 2 aromatic rings. The van der Waals surface area contributed by atoms with E-state index in [0.717, 1.165) is 5.65 Å². The predicted octanol–water partition coefficient (Wildman–Crippen LogP) is 0.628. The lowest BCUT2D eigenvalue weighted by Crippen LogP contribution is -1.97. The van der Waals surface area contributed by atoms with E-state index in [1.807, 2.05) is 10.6 Å². The number of nitrogens with one attached hydrogen (secondary N) is 1. The molecule has 1 N–H and O–H groups in total. The first-order valence-corrected chi connectivity index (χ1v) is 3.02. The van der Waals surface area contributed by atoms with Crippen LogP contribution >= 0.6 is 0 Å². The Morgan fingerprint density at radius 2 is 2.30 bits per heavy atom. The summed E-state index contributed by atoms with van der Waals surface area (Å²) in [7, 11) is 0. The zero-order valence-electron chi connectivity index (χ0n) is 5.24. The third-order valence-electron chi connectivity index (χ3n) is 1.42. The second-order valence-corrected chi connectivity index (χ2v) is 2.12. The summed E-state index contributed by atoms with van der Waals surface area (Å²) in [6, 6.07) is 3.08. The van der Waals surface area contributed by atoms with Gasteiger partial charge >= 0.3 is 0 Å². The molecule has 50 valence electrons. The number of H-pyrrole nitrogens is 1. The van der Waals surface area contributed by atoms with E-state index in [4.69, 9.17) is 0 Å². The molecule has 0 saturated carbocycles. The second-order valence-electron chi connectivity index (χ2n) is 2.12. The summed E-state index contributed by atoms with van der Waals surface area (Å²) >= 11 is 0. The first-order valence-electron chi connectivity index (χ1n) is 3.02. The molecule has 0 aromatic carbocycles. The molecule has 0 unspecified atom stereocenters. The van der Waals surface area contributed by atoms with E-state index in [1.54, 1.807) is 18.5 Å². The number of fused-ring (bicyclic) bond motifs is 1. The Balaban J connectivity index is 2.99. The van der Waals surface area contributed by atoms with Gasteiger partial charge in [0.25, 0.3) is 0 Å². The van der Waals surface area contributed by atoms with Gasteiger partial charge in [0.05, 0.1) is 0 Å². The van der Waals surface area contributed by atoms with Gasteiger partial charge in [-0.25, -0.2) is 0 Å². The van der Waals surface area contributed by atoms with E-state index in [2.05, 4.69) is 4.98 Å². The molecule has 2 rings (SSSR count). The normalized spacial score (nSPS) is 10.4. The third kappa shape index (κ3) is 0.639. The van der Waals surface area contributed by atoms with Crippen molar-refractivity contribution in [2.24, 2.45) is 0 Å². The van der Waals surface area contributed by atoms with Gasteiger partial charge in [0, 0.05) is 30.7 Å². The zero-order valence-corrected chi connectivity index (χ0v) is 5.24. The quantitative estimate of drug-likeness (QED) is 0.563. The lowest BCUT2D eigenvalue weighted by molar-refractivity contribution is 1.18. The SMILES string of the molecule is O=c1ccn2cc[nH]c2c1. The number of hydrogen-bond acceptors (Lipinski definition) is 1. The number of aromatic amines is 1. The smallest absolute Gasteiger partial charge is 0.183 e. The summed E-state index contributed by atoms with van der Waals surface area (Å²) in [5.74, 6) is 0. The van der Waals surface area contributed by atoms with E-state index < -0.39 is 0 Å². The van der Waals surface area contributed by atoms with E-state index in [-0.39, 0.29) is 5.43 Å². The van der Waals surface area contributed by atoms with Gasteiger partial charge in [0.15, 0.2) is 5.43 Å². The molecule has 2 heterocycles. The number of rotatable bonds is 0. The number of pyridine rings is 1. The van der Waals surface area contributed by atoms with Crippen molar-refractivity contribution < 1.29 is 0 Å². The molecule has 2 aromatic heterocycles. The maximum Gasteiger partial charge on any atom is 0.183 e. The Hall–Kier alpha value is -1.51. The van der Waals surface area contributed by atoms with Crippen LogP contribution in [0.25, 0.3) is 5.65 Å². The first kappa shape index (κ1) is 5.29. The van der Waals surface area contributed by atoms with Crippen LogP contribution in [-0.2, 0) is 0 Å². The fraction of sp³-hybridized carbons (Fsp3) is 0. The molecule has 0 aliphatic heterocycles. The van der Waals surface area contributed by atoms with Crippen LogP contribution in [0.3, 0.4) is 0 Å². The highest BCUT2D eigenvalue weighted by molar-refractivity contribution is 5.36. The highest BCUT2D eigenvalue weighted by atomic mass is 16.1. The largest absolute Gasteiger partial charge is 0.346 e. The van der Waals surface area contributed by atoms with Crippen molar-refractivity contribution in [3.63, 3.8) is 0 Å². The van der Waals surface area contributed by atoms with Gasteiger partial charge in [-0.2, -0.15) is 0 Å². The van der Waals surface area contributed by atoms with E-state index in [9.17, 15) is 4.79 Å². The molecule has 0 aliphatic carbocycles. The van der Waals surface area contributed by atoms with Gasteiger partial charge in [0.1, 0.15) is 5.65 Å². The third-order valence-corrected chi connectivity index (χ3v) is 1.42. The number of aromatic nitrogens is 2. The minimum absolute atomic E-state index is 0.0300. The molecule has 3 nitrogen and oxygen atoms in total. The van der Waals surface area contributed by atoms with Crippen LogP contribution in [0.2, 0.25) is 0 Å². The van der Waals surface area contributed by atoms with Crippen molar-refractivity contribution in [2.45, 2.75) is 0 Å². The predicted molar refractivity (Wildman–Crippen MR) is 38.0 cm³/mol. The Kier molecular flexibility index (Phi) is 0.917. The van der Waals surface area contributed by atoms with Crippen molar-refractivity contribution in [2.75, 3.05) is 0 Å². The average Bonchev–Trinajstić information content (AvgIpc) is 2.33. The summed E-state index contributed by atoms with van der Waals surface area (Å²) in [6.07, 6.45) is 5.37. The summed E-state index contributed by atoms with van der Waals surface area (Å²) in [4.78, 5) is 13.7. The van der Waals surface area contributed by atoms with Crippen molar-refractivity contribution in [1.82, 2.24) is 9.38 Å². The highest BCUT2D eigenvalue weighted by Crippen LogP contribution is 1.92. The fourth-order valence-electron chi connectivity index (χ4n) is 0.941. The standard InChI is InChI=1S/C7H6N2O/c10-6-1-3-9-4-2-8-7(9)5-6/h1-5,8H. The van der Waals surface area contributed by atoms with Gasteiger partial charge < -0.3 is 9.38 Å². The van der Waals surface area contributed by atoms with Crippen LogP contribution in [0, 0.1) is 0 Å². The van der Waals surface area contributed by atoms with Crippen LogP contribution in [0.4, 0.5) is 0 Å². The Bertz CT molecular complexity index is 399. The summed E-state index contributed by atoms with van der Waals surface area (Å²) in [5.41, 5.74) is 0.856. The lowest BCUT2D eigenvalue weighted by atomic mass is 10.5. The van der Waals surface area contributed by atoms with Gasteiger partial charge in [-0.15, -0.1) is 0 Å². The molecule has 0 spiro atoms. The number of nitrogens with zero attached hydrogens (tertiary/aromatic N) is 1. The molecule has 0 aliphatic rings. The van der Waals surface area contributed by atoms with Crippen LogP contribution in [0.1, 0.15) is 0 Å². The second kappa shape index (κ2) is 1.73. The minimum atomic E-state index is 0.0300. The molecule has 3 heteroatoms. The first-order chi connectivity index (χ1) is 4.86. The van der Waals surface area contributed by atoms with E-state index in [0.29, 0.717) is 0 Å². The molecule has 0 amide bonds. The molecule has 10 heavy (non-hydrogen) atoms. The average molecular weight is 134 g/mol. The lowest BCUT2D eigenvalue weighted by Gasteiger charge is -1.87. The van der Waals surface area contributed by atoms with Crippen LogP contribution in [0.5, 0.6) is 0 Å². The molecular weight excluding hydrogens is 128 g/mol. The van der Waals surface area contributed by atoms with Crippen molar-refractivity contribution in [3.05, 3.63) is 40.9 Å². The van der Waals surface area contributed by atoms with Crippen LogP contribution in [-0.4, -0.2) is 9.38 Å². The monoisotopic (exact) mass is 134 g/mol. The zero-order chi connectivity index (χ0) is 6.97. The van der Waals surface area contributed by atoms with Gasteiger partial charge in [-0.3, -0.25) is 4.79 Å². The summed E-state index contributed by atoms with van der Waals surface area (Å²) in [6.45, 7) is 0. The Morgan fingerprint density at radius 1 is 1.40 bits per heavy atom. The van der Waals surface area contributed by atoms with Gasteiger partial charge in [-0.1, -0.05) is 0 Å². The molecular formula is C7H6N2O. The van der Waals surface area contributed by atoms with Crippen molar-refractivity contribution >= 4 is 5.65 Å². The fourth-order valence-corrected chi connectivity index (χ4v) is 0.941. The topological polar surface area (TPSA) is 37.3 Å². The van der Waals surface area contributed by atoms with Gasteiger partial charge in [-0.05, 0) is 0 Å². The molecule has 0 bridgehead atoms. The molecule has 0 fully saturated rings. The van der Waals surface area contributed by atoms with Gasteiger partial charge in [0.2, 0.25) is 0 Å². The highest BCUT2D eigenvalue weighted by Gasteiger charge is 1.89. The van der Waals surface area contributed by atoms with E-state index in [1.165, 1.54) is 6.07 Å².